The summed E-state index contributed by atoms with van der Waals surface area (Å²) in [5.74, 6) is 2.18. The minimum atomic E-state index is 0.404. The normalized spacial score (nSPS) is 19.7. The van der Waals surface area contributed by atoms with Gasteiger partial charge in [0.2, 0.25) is 5.95 Å². The third-order valence-corrected chi connectivity index (χ3v) is 6.21. The Balaban J connectivity index is 1.61. The van der Waals surface area contributed by atoms with Crippen molar-refractivity contribution in [2.75, 3.05) is 43.1 Å². The van der Waals surface area contributed by atoms with Crippen LogP contribution in [-0.2, 0) is 22.6 Å². The number of fused-ring (bicyclic) bond motifs is 3. The molecule has 2 aliphatic rings. The van der Waals surface area contributed by atoms with Crippen molar-refractivity contribution in [3.05, 3.63) is 29.6 Å². The summed E-state index contributed by atoms with van der Waals surface area (Å²) in [5, 5.41) is 11.9. The summed E-state index contributed by atoms with van der Waals surface area (Å²) in [6.45, 7) is 10.8. The number of pyridine rings is 1. The van der Waals surface area contributed by atoms with Crippen molar-refractivity contribution in [1.82, 2.24) is 30.0 Å². The fraction of sp³-hybridized carbons (Fsp3) is 0.565. The highest BCUT2D eigenvalue weighted by molar-refractivity contribution is 5.90. The van der Waals surface area contributed by atoms with Gasteiger partial charge in [0, 0.05) is 44.6 Å². The quantitative estimate of drug-likeness (QED) is 0.449. The van der Waals surface area contributed by atoms with Crippen LogP contribution in [0.1, 0.15) is 31.5 Å². The van der Waals surface area contributed by atoms with E-state index in [9.17, 15) is 0 Å². The maximum Gasteiger partial charge on any atom is 0.228 e. The van der Waals surface area contributed by atoms with E-state index in [1.807, 2.05) is 37.6 Å². The predicted octanol–water partition coefficient (Wildman–Crippen LogP) is 2.40. The van der Waals surface area contributed by atoms with Crippen LogP contribution in [-0.4, -0.2) is 69.7 Å². The highest BCUT2D eigenvalue weighted by atomic mass is 16.5. The Morgan fingerprint density at radius 2 is 2.09 bits per heavy atom. The number of ether oxygens (including phenoxy) is 2. The van der Waals surface area contributed by atoms with Crippen LogP contribution in [0.15, 0.2) is 18.3 Å². The van der Waals surface area contributed by atoms with E-state index in [0.717, 1.165) is 53.6 Å². The van der Waals surface area contributed by atoms with E-state index < -0.39 is 0 Å². The molecule has 2 N–H and O–H groups in total. The van der Waals surface area contributed by atoms with Crippen LogP contribution in [0.4, 0.5) is 17.6 Å². The highest BCUT2D eigenvalue weighted by Crippen LogP contribution is 2.33. The van der Waals surface area contributed by atoms with Gasteiger partial charge in [-0.1, -0.05) is 0 Å². The van der Waals surface area contributed by atoms with Crippen LogP contribution in [0.3, 0.4) is 0 Å². The zero-order valence-corrected chi connectivity index (χ0v) is 19.5. The molecule has 0 amide bonds. The molecule has 5 rings (SSSR count). The van der Waals surface area contributed by atoms with E-state index in [2.05, 4.69) is 20.5 Å². The van der Waals surface area contributed by atoms with Gasteiger partial charge in [-0.05, 0) is 44.9 Å². The van der Waals surface area contributed by atoms with Gasteiger partial charge in [-0.25, -0.2) is 9.97 Å². The molecule has 2 atom stereocenters. The van der Waals surface area contributed by atoms with E-state index in [4.69, 9.17) is 24.5 Å². The minimum Gasteiger partial charge on any atom is -0.380 e. The summed E-state index contributed by atoms with van der Waals surface area (Å²) in [6.07, 6.45) is 2.93. The highest BCUT2D eigenvalue weighted by Gasteiger charge is 2.39. The zero-order chi connectivity index (χ0) is 22.8. The first-order chi connectivity index (χ1) is 16.2. The Hall–Kier alpha value is -2.82. The van der Waals surface area contributed by atoms with Gasteiger partial charge in [-0.3, -0.25) is 4.68 Å². The molecule has 176 valence electrons. The van der Waals surface area contributed by atoms with E-state index in [1.54, 1.807) is 6.20 Å². The van der Waals surface area contributed by atoms with Crippen LogP contribution in [0.2, 0.25) is 0 Å². The van der Waals surface area contributed by atoms with Gasteiger partial charge in [0.15, 0.2) is 5.82 Å². The van der Waals surface area contributed by atoms with Gasteiger partial charge in [0.25, 0.3) is 0 Å². The standard InChI is InChI=1S/C23H32N8O2/c1-4-32-9-8-31-21-20(18(29-31)14-33-5-2)27-23(30-13-16-11-17(30)12-25-16)28-22(21)26-19-10-15(3)6-7-24-19/h6-7,10,16-17,25H,4-5,8-9,11-14H2,1-3H3,(H,24,26,27,28)/t16-,17-/m0/s1. The first-order valence-corrected chi connectivity index (χ1v) is 11.8. The SMILES string of the molecule is CCOCCn1nc(COCC)c2nc(N3C[C@@H]4C[C@H]3CN4)nc(Nc3cc(C)ccn3)c21. The average molecular weight is 453 g/mol. The van der Waals surface area contributed by atoms with E-state index in [1.165, 1.54) is 0 Å². The maximum absolute atomic E-state index is 5.73. The third-order valence-electron chi connectivity index (χ3n) is 6.21. The van der Waals surface area contributed by atoms with E-state index in [0.29, 0.717) is 50.9 Å². The first-order valence-electron chi connectivity index (χ1n) is 11.8. The van der Waals surface area contributed by atoms with Crippen molar-refractivity contribution >= 4 is 28.6 Å². The molecule has 33 heavy (non-hydrogen) atoms. The second-order valence-corrected chi connectivity index (χ2v) is 8.56. The van der Waals surface area contributed by atoms with Crippen molar-refractivity contribution in [3.63, 3.8) is 0 Å². The molecule has 0 radical (unpaired) electrons. The molecule has 0 spiro atoms. The Bertz CT molecular complexity index is 1120. The molecule has 0 saturated carbocycles. The number of aromatic nitrogens is 5. The molecule has 2 aliphatic heterocycles. The number of piperazine rings is 1. The topological polar surface area (TPSA) is 102 Å². The van der Waals surface area contributed by atoms with Crippen molar-refractivity contribution in [2.45, 2.75) is 52.4 Å². The lowest BCUT2D eigenvalue weighted by molar-refractivity contribution is 0.128. The van der Waals surface area contributed by atoms with E-state index >= 15 is 0 Å². The first kappa shape index (κ1) is 22.0. The van der Waals surface area contributed by atoms with Gasteiger partial charge in [0.1, 0.15) is 22.5 Å². The van der Waals surface area contributed by atoms with Gasteiger partial charge in [0.05, 0.1) is 19.8 Å². The molecule has 0 unspecified atom stereocenters. The largest absolute Gasteiger partial charge is 0.380 e. The second kappa shape index (κ2) is 9.58. The number of rotatable bonds is 10. The molecule has 3 aromatic heterocycles. The summed E-state index contributed by atoms with van der Waals surface area (Å²) in [5.41, 5.74) is 3.60. The molecule has 2 bridgehead atoms. The molecular weight excluding hydrogens is 420 g/mol. The predicted molar refractivity (Wildman–Crippen MR) is 127 cm³/mol. The molecule has 0 aliphatic carbocycles. The summed E-state index contributed by atoms with van der Waals surface area (Å²) in [4.78, 5) is 16.8. The van der Waals surface area contributed by atoms with Crippen molar-refractivity contribution < 1.29 is 9.47 Å². The molecule has 2 fully saturated rings. The number of hydrogen-bond acceptors (Lipinski definition) is 9. The Morgan fingerprint density at radius 3 is 2.82 bits per heavy atom. The van der Waals surface area contributed by atoms with Crippen LogP contribution in [0.5, 0.6) is 0 Å². The monoisotopic (exact) mass is 452 g/mol. The third kappa shape index (κ3) is 4.50. The average Bonchev–Trinajstić information content (AvgIpc) is 3.53. The molecule has 5 heterocycles. The van der Waals surface area contributed by atoms with Crippen LogP contribution in [0.25, 0.3) is 11.0 Å². The number of aryl methyl sites for hydroxylation is 1. The Kier molecular flexibility index (Phi) is 6.39. The van der Waals surface area contributed by atoms with Crippen molar-refractivity contribution in [2.24, 2.45) is 0 Å². The van der Waals surface area contributed by atoms with Gasteiger partial charge in [-0.15, -0.1) is 0 Å². The zero-order valence-electron chi connectivity index (χ0n) is 19.5. The smallest absolute Gasteiger partial charge is 0.228 e. The molecule has 10 nitrogen and oxygen atoms in total. The number of nitrogens with one attached hydrogen (secondary N) is 2. The lowest BCUT2D eigenvalue weighted by Crippen LogP contribution is -2.44. The van der Waals surface area contributed by atoms with Crippen LogP contribution >= 0.6 is 0 Å². The van der Waals surface area contributed by atoms with Gasteiger partial charge in [-0.2, -0.15) is 10.1 Å². The molecule has 3 aromatic rings. The summed E-state index contributed by atoms with van der Waals surface area (Å²) in [6, 6.07) is 4.91. The number of nitrogens with zero attached hydrogens (tertiary/aromatic N) is 6. The fourth-order valence-corrected chi connectivity index (χ4v) is 4.63. The van der Waals surface area contributed by atoms with E-state index in [-0.39, 0.29) is 0 Å². The summed E-state index contributed by atoms with van der Waals surface area (Å²) >= 11 is 0. The van der Waals surface area contributed by atoms with Crippen molar-refractivity contribution in [1.29, 1.82) is 0 Å². The lowest BCUT2D eigenvalue weighted by Gasteiger charge is -2.27. The molecule has 10 heteroatoms. The van der Waals surface area contributed by atoms with Gasteiger partial charge < -0.3 is 25.0 Å². The Morgan fingerprint density at radius 1 is 1.21 bits per heavy atom. The molecular formula is C23H32N8O2. The maximum atomic E-state index is 5.73. The van der Waals surface area contributed by atoms with Gasteiger partial charge >= 0.3 is 0 Å². The second-order valence-electron chi connectivity index (χ2n) is 8.56. The molecule has 2 saturated heterocycles. The van der Waals surface area contributed by atoms with Crippen LogP contribution in [0, 0.1) is 6.92 Å². The minimum absolute atomic E-state index is 0.404. The van der Waals surface area contributed by atoms with Crippen molar-refractivity contribution in [3.8, 4) is 0 Å². The number of hydrogen-bond donors (Lipinski definition) is 2. The van der Waals surface area contributed by atoms with Crippen LogP contribution < -0.4 is 15.5 Å². The number of anilines is 3. The Labute approximate surface area is 193 Å². The fourth-order valence-electron chi connectivity index (χ4n) is 4.63. The lowest BCUT2D eigenvalue weighted by atomic mass is 10.2. The molecule has 0 aromatic carbocycles. The summed E-state index contributed by atoms with van der Waals surface area (Å²) in [7, 11) is 0. The summed E-state index contributed by atoms with van der Waals surface area (Å²) < 4.78 is 13.3.